The van der Waals surface area contributed by atoms with Gasteiger partial charge in [-0.25, -0.2) is 9.78 Å². The molecule has 0 fully saturated rings. The Morgan fingerprint density at radius 1 is 0.909 bits per heavy atom. The van der Waals surface area contributed by atoms with Gasteiger partial charge in [0.25, 0.3) is 5.88 Å². The Labute approximate surface area is 190 Å². The van der Waals surface area contributed by atoms with Crippen molar-refractivity contribution in [1.82, 2.24) is 9.97 Å². The number of hydrogen-bond donors (Lipinski definition) is 1. The minimum Gasteiger partial charge on any atom is -0.449 e. The van der Waals surface area contributed by atoms with E-state index in [-0.39, 0.29) is 21.9 Å². The van der Waals surface area contributed by atoms with Crippen LogP contribution in [-0.4, -0.2) is 21.2 Å². The molecule has 0 spiro atoms. The van der Waals surface area contributed by atoms with Gasteiger partial charge in [0.2, 0.25) is 5.75 Å². The van der Waals surface area contributed by atoms with Crippen LogP contribution in [0.25, 0.3) is 11.4 Å². The predicted molar refractivity (Wildman–Crippen MR) is 103 cm³/mol. The average Bonchev–Trinajstić information content (AvgIpc) is 2.70. The van der Waals surface area contributed by atoms with Crippen LogP contribution in [0.2, 0.25) is 10.0 Å². The molecule has 1 N–H and O–H groups in total. The number of carbonyl (C=O) groups is 1. The highest BCUT2D eigenvalue weighted by molar-refractivity contribution is 6.34. The zero-order chi connectivity index (χ0) is 24.6. The van der Waals surface area contributed by atoms with E-state index < -0.39 is 52.7 Å². The summed E-state index contributed by atoms with van der Waals surface area (Å²) >= 11 is 11.8. The summed E-state index contributed by atoms with van der Waals surface area (Å²) in [5.74, 6) is -2.05. The number of carboxylic acid groups (broad SMARTS) is 1. The van der Waals surface area contributed by atoms with Crippen LogP contribution in [0.15, 0.2) is 42.6 Å². The van der Waals surface area contributed by atoms with Crippen molar-refractivity contribution in [3.05, 3.63) is 63.8 Å². The van der Waals surface area contributed by atoms with Crippen LogP contribution in [0.4, 0.5) is 31.1 Å². The molecule has 0 amide bonds. The van der Waals surface area contributed by atoms with Gasteiger partial charge in [0.15, 0.2) is 5.82 Å². The molecule has 0 bridgehead atoms. The van der Waals surface area contributed by atoms with Gasteiger partial charge in [-0.15, -0.1) is 0 Å². The smallest absolute Gasteiger partial charge is 0.449 e. The van der Waals surface area contributed by atoms with E-state index in [2.05, 4.69) is 14.7 Å². The minimum atomic E-state index is -5.10. The van der Waals surface area contributed by atoms with Crippen LogP contribution >= 0.6 is 23.2 Å². The molecule has 0 aliphatic carbocycles. The van der Waals surface area contributed by atoms with Gasteiger partial charge >= 0.3 is 18.5 Å². The first-order valence-corrected chi connectivity index (χ1v) is 9.20. The Morgan fingerprint density at radius 2 is 1.52 bits per heavy atom. The van der Waals surface area contributed by atoms with Crippen molar-refractivity contribution in [1.29, 1.82) is 0 Å². The lowest BCUT2D eigenvalue weighted by Gasteiger charge is -2.15. The standard InChI is InChI=1S/C19H8Cl2F6N2O4/c20-11-1-2-12(21)13(6-11)32-16-14(33-17(30)31)7-28-15(29-16)8-3-9(18(22,23)24)5-10(4-8)19(25,26)27/h1-7H,(H,30,31). The molecule has 1 heterocycles. The Morgan fingerprint density at radius 3 is 2.06 bits per heavy atom. The van der Waals surface area contributed by atoms with Crippen LogP contribution in [0, 0.1) is 0 Å². The van der Waals surface area contributed by atoms with E-state index in [1.807, 2.05) is 0 Å². The second-order valence-corrected chi connectivity index (χ2v) is 7.05. The maximum absolute atomic E-state index is 13.2. The second kappa shape index (κ2) is 8.94. The molecule has 1 aromatic heterocycles. The van der Waals surface area contributed by atoms with Crippen molar-refractivity contribution in [3.8, 4) is 28.8 Å². The third-order valence-electron chi connectivity index (χ3n) is 3.87. The van der Waals surface area contributed by atoms with E-state index in [9.17, 15) is 31.1 Å². The molecule has 0 radical (unpaired) electrons. The highest BCUT2D eigenvalue weighted by Gasteiger charge is 2.37. The Balaban J connectivity index is 2.17. The van der Waals surface area contributed by atoms with Gasteiger partial charge in [-0.3, -0.25) is 0 Å². The fourth-order valence-electron chi connectivity index (χ4n) is 2.47. The summed E-state index contributed by atoms with van der Waals surface area (Å²) in [6, 6.07) is 4.67. The zero-order valence-electron chi connectivity index (χ0n) is 15.6. The predicted octanol–water partition coefficient (Wildman–Crippen LogP) is 7.34. The fourth-order valence-corrected chi connectivity index (χ4v) is 2.79. The quantitative estimate of drug-likeness (QED) is 0.291. The number of ether oxygens (including phenoxy) is 2. The topological polar surface area (TPSA) is 81.5 Å². The lowest BCUT2D eigenvalue weighted by atomic mass is 10.0. The Hall–Kier alpha value is -3.25. The van der Waals surface area contributed by atoms with Gasteiger partial charge in [0.05, 0.1) is 22.3 Å². The molecular weight excluding hydrogens is 505 g/mol. The number of rotatable bonds is 4. The summed E-state index contributed by atoms with van der Waals surface area (Å²) in [6.07, 6.45) is -11.3. The van der Waals surface area contributed by atoms with E-state index in [4.69, 9.17) is 33.0 Å². The van der Waals surface area contributed by atoms with Gasteiger partial charge in [-0.05, 0) is 30.3 Å². The molecule has 0 aliphatic heterocycles. The van der Waals surface area contributed by atoms with Gasteiger partial charge < -0.3 is 14.6 Å². The third kappa shape index (κ3) is 5.96. The molecule has 0 unspecified atom stereocenters. The van der Waals surface area contributed by atoms with E-state index >= 15 is 0 Å². The molecule has 6 nitrogen and oxygen atoms in total. The van der Waals surface area contributed by atoms with Gasteiger partial charge in [0.1, 0.15) is 5.75 Å². The SMILES string of the molecule is O=C(O)Oc1cnc(-c2cc(C(F)(F)F)cc(C(F)(F)F)c2)nc1Oc1cc(Cl)ccc1Cl. The number of alkyl halides is 6. The number of nitrogens with zero attached hydrogens (tertiary/aromatic N) is 2. The van der Waals surface area contributed by atoms with Crippen molar-refractivity contribution in [3.63, 3.8) is 0 Å². The van der Waals surface area contributed by atoms with E-state index in [1.54, 1.807) is 0 Å². The van der Waals surface area contributed by atoms with Crippen LogP contribution in [-0.2, 0) is 12.4 Å². The Bertz CT molecular complexity index is 1190. The van der Waals surface area contributed by atoms with Crippen molar-refractivity contribution < 1.29 is 45.7 Å². The maximum Gasteiger partial charge on any atom is 0.511 e. The molecule has 3 aromatic rings. The molecule has 3 rings (SSSR count). The van der Waals surface area contributed by atoms with E-state index in [0.717, 1.165) is 0 Å². The van der Waals surface area contributed by atoms with Crippen LogP contribution in [0.1, 0.15) is 11.1 Å². The summed E-state index contributed by atoms with van der Waals surface area (Å²) in [4.78, 5) is 18.3. The molecule has 174 valence electrons. The first-order chi connectivity index (χ1) is 15.2. The van der Waals surface area contributed by atoms with Gasteiger partial charge in [0, 0.05) is 16.7 Å². The molecule has 33 heavy (non-hydrogen) atoms. The highest BCUT2D eigenvalue weighted by atomic mass is 35.5. The number of halogens is 8. The highest BCUT2D eigenvalue weighted by Crippen LogP contribution is 2.40. The molecule has 0 saturated carbocycles. The van der Waals surface area contributed by atoms with Crippen molar-refractivity contribution in [2.24, 2.45) is 0 Å². The van der Waals surface area contributed by atoms with Crippen molar-refractivity contribution in [2.75, 3.05) is 0 Å². The minimum absolute atomic E-state index is 0.0146. The molecular formula is C19H8Cl2F6N2O4. The largest absolute Gasteiger partial charge is 0.511 e. The van der Waals surface area contributed by atoms with Crippen LogP contribution < -0.4 is 9.47 Å². The van der Waals surface area contributed by atoms with Crippen molar-refractivity contribution in [2.45, 2.75) is 12.4 Å². The average molecular weight is 513 g/mol. The molecule has 2 aromatic carbocycles. The first-order valence-electron chi connectivity index (χ1n) is 8.44. The van der Waals surface area contributed by atoms with Gasteiger partial charge in [-0.2, -0.15) is 31.3 Å². The zero-order valence-corrected chi connectivity index (χ0v) is 17.1. The van der Waals surface area contributed by atoms with Crippen LogP contribution in [0.5, 0.6) is 17.4 Å². The number of aromatic nitrogens is 2. The van der Waals surface area contributed by atoms with Crippen LogP contribution in [0.3, 0.4) is 0 Å². The Kier molecular flexibility index (Phi) is 6.61. The lowest BCUT2D eigenvalue weighted by Crippen LogP contribution is -2.11. The summed E-state index contributed by atoms with van der Waals surface area (Å²) in [7, 11) is 0. The molecule has 14 heteroatoms. The maximum atomic E-state index is 13.2. The first kappa shape index (κ1) is 24.4. The summed E-state index contributed by atoms with van der Waals surface area (Å²) in [6.45, 7) is 0. The monoisotopic (exact) mass is 512 g/mol. The normalized spacial score (nSPS) is 11.9. The summed E-state index contributed by atoms with van der Waals surface area (Å²) in [5.41, 5.74) is -3.86. The second-order valence-electron chi connectivity index (χ2n) is 6.20. The van der Waals surface area contributed by atoms with Crippen molar-refractivity contribution >= 4 is 29.4 Å². The lowest BCUT2D eigenvalue weighted by molar-refractivity contribution is -0.143. The number of benzene rings is 2. The fraction of sp³-hybridized carbons (Fsp3) is 0.105. The summed E-state index contributed by atoms with van der Waals surface area (Å²) < 4.78 is 88.8. The van der Waals surface area contributed by atoms with E-state index in [1.165, 1.54) is 18.2 Å². The number of hydrogen-bond acceptors (Lipinski definition) is 5. The molecule has 0 atom stereocenters. The molecule has 0 aliphatic rings. The summed E-state index contributed by atoms with van der Waals surface area (Å²) in [5, 5.41) is 9.00. The third-order valence-corrected chi connectivity index (χ3v) is 4.41. The molecule has 0 saturated heterocycles. The van der Waals surface area contributed by atoms with Gasteiger partial charge in [-0.1, -0.05) is 23.2 Å². The van der Waals surface area contributed by atoms with E-state index in [0.29, 0.717) is 18.3 Å².